The van der Waals surface area contributed by atoms with E-state index in [1.807, 2.05) is 0 Å². The summed E-state index contributed by atoms with van der Waals surface area (Å²) in [4.78, 5) is 144. The molecule has 0 aliphatic rings. The van der Waals surface area contributed by atoms with Gasteiger partial charge in [0, 0.05) is 0 Å². The molecule has 0 unspecified atom stereocenters. The predicted octanol–water partition coefficient (Wildman–Crippen LogP) is -2.57. The highest BCUT2D eigenvalue weighted by molar-refractivity contribution is 7.98. The van der Waals surface area contributed by atoms with Gasteiger partial charge in [-0.3, -0.25) is 47.9 Å². The lowest BCUT2D eigenvalue weighted by atomic mass is 9.96. The molecule has 10 atom stereocenters. The number of primary amides is 1. The third-order valence-electron chi connectivity index (χ3n) is 10.7. The van der Waals surface area contributed by atoms with E-state index >= 15 is 0 Å². The Morgan fingerprint density at radius 3 is 1.37 bits per heavy atom. The van der Waals surface area contributed by atoms with Crippen LogP contribution in [0.5, 0.6) is 0 Å². The molecule has 0 aliphatic heterocycles. The largest absolute Gasteiger partial charge is 0.481 e. The van der Waals surface area contributed by atoms with Crippen molar-refractivity contribution in [1.82, 2.24) is 42.5 Å². The van der Waals surface area contributed by atoms with Crippen molar-refractivity contribution in [2.45, 2.75) is 156 Å². The Kier molecular flexibility index (Phi) is 28.2. The quantitative estimate of drug-likeness (QED) is 0.0330. The molecule has 0 aromatic heterocycles. The molecule has 24 nitrogen and oxygen atoms in total. The minimum Gasteiger partial charge on any atom is -0.481 e. The summed E-state index contributed by atoms with van der Waals surface area (Å²) in [5.74, 6) is -13.5. The zero-order chi connectivity index (χ0) is 52.7. The molecule has 0 rings (SSSR count). The number of aliphatic hydroxyl groups is 1. The van der Waals surface area contributed by atoms with Crippen molar-refractivity contribution in [3.63, 3.8) is 0 Å². The first-order chi connectivity index (χ1) is 31.5. The normalized spacial score (nSPS) is 15.8. The van der Waals surface area contributed by atoms with Crippen molar-refractivity contribution in [1.29, 1.82) is 0 Å². The lowest BCUT2D eigenvalue weighted by Crippen LogP contribution is -2.62. The molecule has 25 heteroatoms. The highest BCUT2D eigenvalue weighted by Gasteiger charge is 2.37. The van der Waals surface area contributed by atoms with Crippen molar-refractivity contribution in [2.24, 2.45) is 41.1 Å². The lowest BCUT2D eigenvalue weighted by molar-refractivity contribution is -0.144. The molecule has 0 aromatic rings. The number of nitrogens with one attached hydrogen (secondary N) is 8. The number of nitrogens with two attached hydrogens (primary N) is 2. The number of rotatable bonds is 32. The van der Waals surface area contributed by atoms with Gasteiger partial charge >= 0.3 is 11.9 Å². The standard InChI is InChI=1S/C43H76N10O14S/c1-12-23(10)34(42(65)52-33(22(8)9)43(66)67)53-39(62)28(18-54)50-41(64)32(21(6)7)51-38(61)27(17-30(56)57)49-37(60)26(16-29(44)55)48-36(59)25(15-19(2)3)47-35(58)24(13-14-68-11)46-40(63)31(45)20(4)5/h19-28,31-34,54H,12-18,45H2,1-11H3,(H2,44,55)(H,46,63)(H,47,58)(H,48,59)(H,49,60)(H,50,64)(H,51,61)(H,52,65)(H,53,62)(H,56,57)(H,66,67)/t23-,24-,25-,26-,27-,28-,31-,32-,33-,34-/m0/s1. The fourth-order valence-corrected chi connectivity index (χ4v) is 6.82. The Balaban J connectivity index is 6.46. The fourth-order valence-electron chi connectivity index (χ4n) is 6.35. The molecular weight excluding hydrogens is 913 g/mol. The number of carbonyl (C=O) groups excluding carboxylic acids is 9. The Hall–Kier alpha value is -5.56. The highest BCUT2D eigenvalue weighted by Crippen LogP contribution is 2.13. The monoisotopic (exact) mass is 989 g/mol. The van der Waals surface area contributed by atoms with Gasteiger partial charge in [0.05, 0.1) is 25.5 Å². The minimum absolute atomic E-state index is 0.0119. The minimum atomic E-state index is -1.95. The number of aliphatic carboxylic acids is 2. The number of carboxylic acids is 2. The van der Waals surface area contributed by atoms with E-state index in [0.717, 1.165) is 0 Å². The molecular formula is C43H76N10O14S. The van der Waals surface area contributed by atoms with Crippen molar-refractivity contribution in [3.05, 3.63) is 0 Å². The number of aliphatic hydroxyl groups excluding tert-OH is 1. The summed E-state index contributed by atoms with van der Waals surface area (Å²) in [5.41, 5.74) is 11.4. The number of thioether (sulfide) groups is 1. The molecule has 388 valence electrons. The molecule has 0 heterocycles. The second kappa shape index (κ2) is 30.7. The van der Waals surface area contributed by atoms with Crippen molar-refractivity contribution in [2.75, 3.05) is 18.6 Å². The maximum absolute atomic E-state index is 13.8. The van der Waals surface area contributed by atoms with Gasteiger partial charge in [0.1, 0.15) is 48.3 Å². The fraction of sp³-hybridized carbons (Fsp3) is 0.744. The molecule has 0 aromatic carbocycles. The van der Waals surface area contributed by atoms with Gasteiger partial charge in [-0.15, -0.1) is 0 Å². The summed E-state index contributed by atoms with van der Waals surface area (Å²) in [5, 5.41) is 48.6. The summed E-state index contributed by atoms with van der Waals surface area (Å²) in [6.45, 7) is 15.4. The van der Waals surface area contributed by atoms with E-state index in [1.54, 1.807) is 61.6 Å². The van der Waals surface area contributed by atoms with Crippen LogP contribution in [0.4, 0.5) is 0 Å². The van der Waals surface area contributed by atoms with Crippen molar-refractivity contribution in [3.8, 4) is 0 Å². The van der Waals surface area contributed by atoms with Crippen LogP contribution in [-0.4, -0.2) is 153 Å². The van der Waals surface area contributed by atoms with E-state index in [0.29, 0.717) is 12.2 Å². The van der Waals surface area contributed by atoms with Crippen LogP contribution in [-0.2, 0) is 52.7 Å². The maximum atomic E-state index is 13.8. The van der Waals surface area contributed by atoms with Crippen LogP contribution in [0.1, 0.15) is 101 Å². The van der Waals surface area contributed by atoms with Gasteiger partial charge in [0.15, 0.2) is 0 Å². The van der Waals surface area contributed by atoms with Crippen molar-refractivity contribution < 1.29 is 68.1 Å². The summed E-state index contributed by atoms with van der Waals surface area (Å²) in [6.07, 6.45) is 0.412. The third kappa shape index (κ3) is 22.0. The van der Waals surface area contributed by atoms with E-state index in [1.165, 1.54) is 25.6 Å². The first-order valence-corrected chi connectivity index (χ1v) is 23.9. The van der Waals surface area contributed by atoms with Crippen LogP contribution in [0.15, 0.2) is 0 Å². The zero-order valence-corrected chi connectivity index (χ0v) is 41.7. The molecule has 9 amide bonds. The van der Waals surface area contributed by atoms with Crippen LogP contribution in [0.2, 0.25) is 0 Å². The van der Waals surface area contributed by atoms with Gasteiger partial charge < -0.3 is 69.3 Å². The van der Waals surface area contributed by atoms with E-state index in [4.69, 9.17) is 11.5 Å². The van der Waals surface area contributed by atoms with Gasteiger partial charge in [-0.05, 0) is 54.4 Å². The van der Waals surface area contributed by atoms with E-state index in [-0.39, 0.29) is 24.7 Å². The van der Waals surface area contributed by atoms with Gasteiger partial charge in [0.2, 0.25) is 53.2 Å². The third-order valence-corrected chi connectivity index (χ3v) is 11.4. The average Bonchev–Trinajstić information content (AvgIpc) is 3.24. The number of hydrogen-bond acceptors (Lipinski definition) is 14. The predicted molar refractivity (Wildman–Crippen MR) is 251 cm³/mol. The molecule has 0 saturated carbocycles. The first-order valence-electron chi connectivity index (χ1n) is 22.5. The summed E-state index contributed by atoms with van der Waals surface area (Å²) < 4.78 is 0. The van der Waals surface area contributed by atoms with Gasteiger partial charge in [-0.1, -0.05) is 75.7 Å². The summed E-state index contributed by atoms with van der Waals surface area (Å²) in [7, 11) is 0. The Morgan fingerprint density at radius 1 is 0.515 bits per heavy atom. The summed E-state index contributed by atoms with van der Waals surface area (Å²) in [6, 6.07) is -13.0. The van der Waals surface area contributed by atoms with E-state index in [2.05, 4.69) is 42.5 Å². The van der Waals surface area contributed by atoms with Crippen LogP contribution >= 0.6 is 11.8 Å². The topological polar surface area (TPSA) is 397 Å². The number of carbonyl (C=O) groups is 11. The molecule has 15 N–H and O–H groups in total. The Morgan fingerprint density at radius 2 is 0.926 bits per heavy atom. The second-order valence-electron chi connectivity index (χ2n) is 18.1. The first kappa shape index (κ1) is 62.4. The Labute approximate surface area is 401 Å². The van der Waals surface area contributed by atoms with E-state index in [9.17, 15) is 68.1 Å². The molecule has 0 fully saturated rings. The highest BCUT2D eigenvalue weighted by atomic mass is 32.2. The van der Waals surface area contributed by atoms with Crippen molar-refractivity contribution >= 4 is 76.9 Å². The summed E-state index contributed by atoms with van der Waals surface area (Å²) >= 11 is 1.41. The smallest absolute Gasteiger partial charge is 0.326 e. The molecule has 0 spiro atoms. The lowest BCUT2D eigenvalue weighted by Gasteiger charge is -2.29. The molecule has 0 saturated heterocycles. The van der Waals surface area contributed by atoms with Crippen LogP contribution in [0.25, 0.3) is 0 Å². The van der Waals surface area contributed by atoms with Crippen LogP contribution in [0, 0.1) is 29.6 Å². The van der Waals surface area contributed by atoms with Crippen LogP contribution < -0.4 is 54.0 Å². The number of carboxylic acid groups (broad SMARTS) is 2. The second-order valence-corrected chi connectivity index (χ2v) is 19.1. The molecule has 0 radical (unpaired) electrons. The Bertz CT molecular complexity index is 1770. The maximum Gasteiger partial charge on any atom is 0.326 e. The molecule has 0 bridgehead atoms. The van der Waals surface area contributed by atoms with Gasteiger partial charge in [-0.2, -0.15) is 11.8 Å². The SMILES string of the molecule is CC[C@H](C)[C@H](NC(=O)[C@H](CO)NC(=O)[C@@H](NC(=O)[C@H](CC(=O)O)NC(=O)[C@H](CC(N)=O)NC(=O)[C@H](CC(C)C)NC(=O)[C@H](CCSC)NC(=O)[C@@H](N)C(C)C)C(C)C)C(=O)N[C@H](C(=O)O)C(C)C. The van der Waals surface area contributed by atoms with Crippen LogP contribution in [0.3, 0.4) is 0 Å². The van der Waals surface area contributed by atoms with E-state index < -0.39 is 157 Å². The number of amides is 9. The zero-order valence-electron chi connectivity index (χ0n) is 40.9. The van der Waals surface area contributed by atoms with Gasteiger partial charge in [0.25, 0.3) is 0 Å². The number of hydrogen-bond donors (Lipinski definition) is 13. The van der Waals surface area contributed by atoms with Gasteiger partial charge in [-0.25, -0.2) is 4.79 Å². The average molecular weight is 989 g/mol. The molecule has 68 heavy (non-hydrogen) atoms. The molecule has 0 aliphatic carbocycles.